The van der Waals surface area contributed by atoms with E-state index < -0.39 is 0 Å². The molecule has 2 rings (SSSR count). The zero-order valence-corrected chi connectivity index (χ0v) is 14.5. The van der Waals surface area contributed by atoms with Crippen molar-refractivity contribution in [3.63, 3.8) is 0 Å². The van der Waals surface area contributed by atoms with E-state index in [-0.39, 0.29) is 0 Å². The highest BCUT2D eigenvalue weighted by Gasteiger charge is 2.15. The summed E-state index contributed by atoms with van der Waals surface area (Å²) in [4.78, 5) is 13.6. The lowest BCUT2D eigenvalue weighted by molar-refractivity contribution is 0.632. The molecule has 0 aliphatic rings. The van der Waals surface area contributed by atoms with Gasteiger partial charge < -0.3 is 5.32 Å². The van der Waals surface area contributed by atoms with Crippen LogP contribution in [-0.2, 0) is 6.42 Å². The smallest absolute Gasteiger partial charge is 0.162 e. The molecule has 0 spiro atoms. The molecule has 0 radical (unpaired) electrons. The molecule has 2 aromatic rings. The molecule has 0 amide bonds. The third-order valence-corrected chi connectivity index (χ3v) is 3.96. The van der Waals surface area contributed by atoms with E-state index in [9.17, 15) is 0 Å². The summed E-state index contributed by atoms with van der Waals surface area (Å²) in [6.45, 7) is 9.31. The Bertz CT molecular complexity index is 626. The number of hydrogen-bond acceptors (Lipinski definition) is 4. The van der Waals surface area contributed by atoms with Gasteiger partial charge in [-0.3, -0.25) is 4.98 Å². The van der Waals surface area contributed by atoms with Crippen LogP contribution in [0, 0.1) is 12.8 Å². The number of nitrogens with one attached hydrogen (secondary N) is 1. The summed E-state index contributed by atoms with van der Waals surface area (Å²) in [6.07, 6.45) is 4.54. The highest BCUT2D eigenvalue weighted by molar-refractivity contribution is 9.10. The minimum atomic E-state index is 0.539. The Kier molecular flexibility index (Phi) is 5.28. The maximum atomic E-state index is 4.76. The Balaban J connectivity index is 2.56. The van der Waals surface area contributed by atoms with Crippen molar-refractivity contribution in [3.05, 3.63) is 34.2 Å². The minimum Gasteiger partial charge on any atom is -0.369 e. The van der Waals surface area contributed by atoms with E-state index in [1.807, 2.05) is 19.2 Å². The molecule has 2 aromatic heterocycles. The zero-order valence-electron chi connectivity index (χ0n) is 12.9. The molecule has 0 unspecified atom stereocenters. The van der Waals surface area contributed by atoms with Crippen LogP contribution in [0.2, 0.25) is 0 Å². The minimum absolute atomic E-state index is 0.539. The van der Waals surface area contributed by atoms with E-state index in [0.29, 0.717) is 5.92 Å². The summed E-state index contributed by atoms with van der Waals surface area (Å²) in [5, 5.41) is 3.31. The van der Waals surface area contributed by atoms with Crippen molar-refractivity contribution < 1.29 is 0 Å². The predicted molar refractivity (Wildman–Crippen MR) is 90.4 cm³/mol. The number of hydrogen-bond donors (Lipinski definition) is 1. The van der Waals surface area contributed by atoms with Crippen LogP contribution in [0.3, 0.4) is 0 Å². The number of aromatic nitrogens is 3. The molecule has 0 bridgehead atoms. The summed E-state index contributed by atoms with van der Waals surface area (Å²) in [5.41, 5.74) is 3.15. The molecule has 0 fully saturated rings. The summed E-state index contributed by atoms with van der Waals surface area (Å²) in [7, 11) is 0. The Labute approximate surface area is 134 Å². The van der Waals surface area contributed by atoms with E-state index in [4.69, 9.17) is 4.98 Å². The molecule has 1 N–H and O–H groups in total. The van der Waals surface area contributed by atoms with Crippen LogP contribution < -0.4 is 5.32 Å². The molecule has 0 atom stereocenters. The van der Waals surface area contributed by atoms with Crippen LogP contribution in [-0.4, -0.2) is 21.5 Å². The Morgan fingerprint density at radius 2 is 2.05 bits per heavy atom. The van der Waals surface area contributed by atoms with Crippen molar-refractivity contribution in [2.45, 2.75) is 34.1 Å². The second-order valence-corrected chi connectivity index (χ2v) is 6.27. The SMILES string of the molecule is CCNc1nc(-c2ccncc2C)nc(CC(C)C)c1Br. The molecular formula is C16H21BrN4. The molecule has 4 nitrogen and oxygen atoms in total. The normalized spacial score (nSPS) is 11.0. The Morgan fingerprint density at radius 3 is 2.67 bits per heavy atom. The second kappa shape index (κ2) is 6.98. The van der Waals surface area contributed by atoms with Gasteiger partial charge in [-0.15, -0.1) is 0 Å². The van der Waals surface area contributed by atoms with Crippen molar-refractivity contribution in [2.75, 3.05) is 11.9 Å². The van der Waals surface area contributed by atoms with Crippen LogP contribution in [0.1, 0.15) is 32.0 Å². The van der Waals surface area contributed by atoms with Gasteiger partial charge in [-0.1, -0.05) is 13.8 Å². The second-order valence-electron chi connectivity index (χ2n) is 5.48. The van der Waals surface area contributed by atoms with Crippen molar-refractivity contribution in [3.8, 4) is 11.4 Å². The first-order valence-corrected chi connectivity index (χ1v) is 8.03. The average Bonchev–Trinajstić information content (AvgIpc) is 2.43. The fraction of sp³-hybridized carbons (Fsp3) is 0.438. The maximum Gasteiger partial charge on any atom is 0.162 e. The number of anilines is 1. The average molecular weight is 349 g/mol. The summed E-state index contributed by atoms with van der Waals surface area (Å²) in [6, 6.07) is 1.97. The summed E-state index contributed by atoms with van der Waals surface area (Å²) in [5.74, 6) is 2.15. The molecule has 0 aromatic carbocycles. The number of aryl methyl sites for hydroxylation is 1. The fourth-order valence-electron chi connectivity index (χ4n) is 2.14. The van der Waals surface area contributed by atoms with Gasteiger partial charge in [0.1, 0.15) is 5.82 Å². The number of rotatable bonds is 5. The Morgan fingerprint density at radius 1 is 1.29 bits per heavy atom. The van der Waals surface area contributed by atoms with Crippen molar-refractivity contribution in [1.29, 1.82) is 0 Å². The van der Waals surface area contributed by atoms with Crippen molar-refractivity contribution in [2.24, 2.45) is 5.92 Å². The first-order chi connectivity index (χ1) is 10.0. The number of halogens is 1. The predicted octanol–water partition coefficient (Wildman–Crippen LogP) is 4.24. The van der Waals surface area contributed by atoms with Crippen LogP contribution in [0.5, 0.6) is 0 Å². The number of nitrogens with zero attached hydrogens (tertiary/aromatic N) is 3. The van der Waals surface area contributed by atoms with E-state index >= 15 is 0 Å². The molecule has 2 heterocycles. The van der Waals surface area contributed by atoms with Gasteiger partial charge >= 0.3 is 0 Å². The topological polar surface area (TPSA) is 50.7 Å². The molecule has 0 aliphatic heterocycles. The standard InChI is InChI=1S/C16H21BrN4/c1-5-19-16-14(17)13(8-10(2)3)20-15(21-16)12-6-7-18-9-11(12)4/h6-7,9-10H,5,8H2,1-4H3,(H,19,20,21). The van der Waals surface area contributed by atoms with E-state index in [0.717, 1.165) is 45.9 Å². The largest absolute Gasteiger partial charge is 0.369 e. The maximum absolute atomic E-state index is 4.76. The lowest BCUT2D eigenvalue weighted by atomic mass is 10.1. The molecular weight excluding hydrogens is 328 g/mol. The third-order valence-electron chi connectivity index (χ3n) is 3.13. The van der Waals surface area contributed by atoms with Crippen molar-refractivity contribution in [1.82, 2.24) is 15.0 Å². The van der Waals surface area contributed by atoms with Gasteiger partial charge in [0.05, 0.1) is 10.2 Å². The molecule has 112 valence electrons. The quantitative estimate of drug-likeness (QED) is 0.877. The van der Waals surface area contributed by atoms with Crippen LogP contribution >= 0.6 is 15.9 Å². The zero-order chi connectivity index (χ0) is 15.4. The number of pyridine rings is 1. The van der Waals surface area contributed by atoms with Crippen LogP contribution in [0.15, 0.2) is 22.9 Å². The molecule has 0 aliphatic carbocycles. The van der Waals surface area contributed by atoms with Gasteiger partial charge in [0, 0.05) is 24.5 Å². The fourth-order valence-corrected chi connectivity index (χ4v) is 2.62. The van der Waals surface area contributed by atoms with Gasteiger partial charge in [0.25, 0.3) is 0 Å². The molecule has 5 heteroatoms. The lowest BCUT2D eigenvalue weighted by Gasteiger charge is -2.14. The van der Waals surface area contributed by atoms with E-state index in [1.54, 1.807) is 6.20 Å². The molecule has 0 saturated carbocycles. The van der Waals surface area contributed by atoms with Gasteiger partial charge in [-0.25, -0.2) is 9.97 Å². The van der Waals surface area contributed by atoms with Crippen molar-refractivity contribution >= 4 is 21.7 Å². The lowest BCUT2D eigenvalue weighted by Crippen LogP contribution is -2.08. The summed E-state index contributed by atoms with van der Waals surface area (Å²) >= 11 is 3.64. The van der Waals surface area contributed by atoms with E-state index in [1.165, 1.54) is 0 Å². The van der Waals surface area contributed by atoms with Crippen LogP contribution in [0.4, 0.5) is 5.82 Å². The highest BCUT2D eigenvalue weighted by Crippen LogP contribution is 2.29. The highest BCUT2D eigenvalue weighted by atomic mass is 79.9. The molecule has 0 saturated heterocycles. The van der Waals surface area contributed by atoms with Crippen LogP contribution in [0.25, 0.3) is 11.4 Å². The van der Waals surface area contributed by atoms with Gasteiger partial charge in [0.15, 0.2) is 5.82 Å². The Hall–Kier alpha value is -1.49. The first kappa shape index (κ1) is 15.9. The van der Waals surface area contributed by atoms with Gasteiger partial charge in [-0.05, 0) is 53.7 Å². The molecule has 21 heavy (non-hydrogen) atoms. The summed E-state index contributed by atoms with van der Waals surface area (Å²) < 4.78 is 0.966. The van der Waals surface area contributed by atoms with Gasteiger partial charge in [0.2, 0.25) is 0 Å². The third kappa shape index (κ3) is 3.79. The first-order valence-electron chi connectivity index (χ1n) is 7.24. The van der Waals surface area contributed by atoms with E-state index in [2.05, 4.69) is 52.0 Å². The van der Waals surface area contributed by atoms with Gasteiger partial charge in [-0.2, -0.15) is 0 Å². The monoisotopic (exact) mass is 348 g/mol.